The summed E-state index contributed by atoms with van der Waals surface area (Å²) >= 11 is 10.5. The number of nitrogens with zero attached hydrogens (tertiary/aromatic N) is 2. The van der Waals surface area contributed by atoms with E-state index in [1.54, 1.807) is 16.7 Å². The van der Waals surface area contributed by atoms with Crippen molar-refractivity contribution >= 4 is 41.8 Å². The van der Waals surface area contributed by atoms with Gasteiger partial charge in [-0.05, 0) is 54.8 Å². The van der Waals surface area contributed by atoms with Crippen LogP contribution in [0.15, 0.2) is 42.5 Å². The topological polar surface area (TPSA) is 139 Å². The van der Waals surface area contributed by atoms with E-state index in [2.05, 4.69) is 15.5 Å². The number of aromatic amines is 2. The van der Waals surface area contributed by atoms with Crippen LogP contribution in [0.3, 0.4) is 0 Å². The molecular weight excluding hydrogens is 454 g/mol. The van der Waals surface area contributed by atoms with Crippen LogP contribution < -0.4 is 15.0 Å². The van der Waals surface area contributed by atoms with Crippen LogP contribution in [-0.4, -0.2) is 62.5 Å². The van der Waals surface area contributed by atoms with Crippen molar-refractivity contribution in [3.8, 4) is 11.4 Å². The van der Waals surface area contributed by atoms with E-state index in [4.69, 9.17) is 29.2 Å². The fourth-order valence-electron chi connectivity index (χ4n) is 3.04. The first-order valence-corrected chi connectivity index (χ1v) is 10.3. The molecule has 3 aromatic rings. The number of rotatable bonds is 11. The molecule has 12 heteroatoms. The van der Waals surface area contributed by atoms with Gasteiger partial charge in [0.1, 0.15) is 5.75 Å². The number of hydrogen-bond donors (Lipinski definition) is 6. The van der Waals surface area contributed by atoms with Crippen LogP contribution in [0, 0.1) is 16.1 Å². The second kappa shape index (κ2) is 10.9. The van der Waals surface area contributed by atoms with Crippen LogP contribution in [0.4, 0.5) is 11.4 Å². The van der Waals surface area contributed by atoms with E-state index < -0.39 is 5.97 Å². The van der Waals surface area contributed by atoms with Gasteiger partial charge in [-0.2, -0.15) is 0 Å². The Labute approximate surface area is 193 Å². The van der Waals surface area contributed by atoms with Crippen molar-refractivity contribution in [3.63, 3.8) is 0 Å². The summed E-state index contributed by atoms with van der Waals surface area (Å²) in [6, 6.07) is 11.9. The monoisotopic (exact) mass is 476 g/mol. The van der Waals surface area contributed by atoms with Crippen LogP contribution in [-0.2, 0) is 0 Å². The van der Waals surface area contributed by atoms with E-state index in [1.807, 2.05) is 24.3 Å². The van der Waals surface area contributed by atoms with Gasteiger partial charge in [-0.25, -0.2) is 4.79 Å². The zero-order valence-corrected chi connectivity index (χ0v) is 18.4. The van der Waals surface area contributed by atoms with Gasteiger partial charge in [0, 0.05) is 18.3 Å². The number of aromatic nitrogens is 3. The predicted molar refractivity (Wildman–Crippen MR) is 124 cm³/mol. The Morgan fingerprint density at radius 3 is 2.56 bits per heavy atom. The minimum atomic E-state index is -1.13. The van der Waals surface area contributed by atoms with Crippen molar-refractivity contribution in [2.45, 2.75) is 0 Å². The van der Waals surface area contributed by atoms with Gasteiger partial charge < -0.3 is 30.3 Å². The number of aromatic carboxylic acids is 1. The zero-order chi connectivity index (χ0) is 23.1. The maximum absolute atomic E-state index is 11.6. The van der Waals surface area contributed by atoms with Crippen LogP contribution in [0.25, 0.3) is 5.69 Å². The molecule has 0 spiro atoms. The smallest absolute Gasteiger partial charge is 0.337 e. The third-order valence-electron chi connectivity index (χ3n) is 4.45. The molecule has 0 aliphatic carbocycles. The minimum absolute atomic E-state index is 0.0240. The molecule has 0 atom stereocenters. The second-order valence-corrected chi connectivity index (χ2v) is 7.25. The lowest BCUT2D eigenvalue weighted by Crippen LogP contribution is -2.27. The van der Waals surface area contributed by atoms with E-state index in [0.717, 1.165) is 11.4 Å². The van der Waals surface area contributed by atoms with E-state index >= 15 is 0 Å². The lowest BCUT2D eigenvalue weighted by Gasteiger charge is -2.24. The third-order valence-corrected chi connectivity index (χ3v) is 5.02. The predicted octanol–water partition coefficient (Wildman–Crippen LogP) is 2.69. The van der Waals surface area contributed by atoms with Crippen molar-refractivity contribution in [1.82, 2.24) is 14.8 Å². The number of aliphatic hydroxyl groups is 2. The van der Waals surface area contributed by atoms with Crippen LogP contribution >= 0.6 is 24.4 Å². The summed E-state index contributed by atoms with van der Waals surface area (Å²) < 4.78 is 8.31. The third kappa shape index (κ3) is 5.53. The highest BCUT2D eigenvalue weighted by atomic mass is 32.1. The Morgan fingerprint density at radius 2 is 1.91 bits per heavy atom. The van der Waals surface area contributed by atoms with E-state index in [9.17, 15) is 20.1 Å². The highest BCUT2D eigenvalue weighted by Gasteiger charge is 2.17. The molecule has 3 rings (SSSR count). The molecule has 0 fully saturated rings. The van der Waals surface area contributed by atoms with E-state index in [-0.39, 0.29) is 32.1 Å². The van der Waals surface area contributed by atoms with Gasteiger partial charge >= 0.3 is 5.97 Å². The molecule has 1 radical (unpaired) electrons. The number of hydrogen-bond acceptors (Lipinski definition) is 8. The molecule has 2 aromatic carbocycles. The Balaban J connectivity index is 1.74. The molecule has 0 saturated heterocycles. The van der Waals surface area contributed by atoms with Gasteiger partial charge in [0.05, 0.1) is 36.7 Å². The number of carbonyl (C=O) groups is 1. The standard InChI is InChI=1S/C20H22N5O5S2/c26-8-6-24(7-9-27)17-11-15(4-5-16(17)18(28)29)30-12-21-13-2-1-3-14(10-13)25-19(31)22-23-20(25)32/h1-6,10-11,21,26-27H,7-9,12H2,(H,22,31)(H,23,32)(H,28,29). The number of benzene rings is 2. The highest BCUT2D eigenvalue weighted by molar-refractivity contribution is 7.72. The number of carboxylic acids is 1. The van der Waals surface area contributed by atoms with Crippen molar-refractivity contribution < 1.29 is 24.9 Å². The Hall–Kier alpha value is -3.19. The normalized spacial score (nSPS) is 10.7. The molecule has 0 aliphatic heterocycles. The summed E-state index contributed by atoms with van der Waals surface area (Å²) in [6.07, 6.45) is 0. The molecule has 169 valence electrons. The number of H-pyrrole nitrogens is 2. The molecule has 6 N–H and O–H groups in total. The summed E-state index contributed by atoms with van der Waals surface area (Å²) in [5.41, 5.74) is 1.86. The molecule has 1 heterocycles. The SMILES string of the molecule is O=C(O)c1ccc(OCNc2cccc(-n3c(=S)[nH][nH]c3=S)c2)cc1N([CH]CO)CCO. The largest absolute Gasteiger partial charge is 0.478 e. The van der Waals surface area contributed by atoms with Crippen molar-refractivity contribution in [1.29, 1.82) is 0 Å². The van der Waals surface area contributed by atoms with Crippen LogP contribution in [0.5, 0.6) is 5.75 Å². The molecule has 32 heavy (non-hydrogen) atoms. The number of aliphatic hydroxyl groups excluding tert-OH is 2. The van der Waals surface area contributed by atoms with E-state index in [1.165, 1.54) is 17.5 Å². The maximum atomic E-state index is 11.6. The van der Waals surface area contributed by atoms with Gasteiger partial charge in [0.25, 0.3) is 0 Å². The molecular formula is C20H22N5O5S2. The van der Waals surface area contributed by atoms with Gasteiger partial charge in [-0.3, -0.25) is 14.8 Å². The molecule has 10 nitrogen and oxygen atoms in total. The maximum Gasteiger partial charge on any atom is 0.337 e. The minimum Gasteiger partial charge on any atom is -0.478 e. The van der Waals surface area contributed by atoms with Gasteiger partial charge in [-0.1, -0.05) is 6.07 Å². The lowest BCUT2D eigenvalue weighted by atomic mass is 10.1. The molecule has 0 saturated carbocycles. The average Bonchev–Trinajstić information content (AvgIpc) is 3.11. The van der Waals surface area contributed by atoms with Crippen LogP contribution in [0.1, 0.15) is 10.4 Å². The van der Waals surface area contributed by atoms with Crippen molar-refractivity contribution in [2.75, 3.05) is 36.7 Å². The highest BCUT2D eigenvalue weighted by Crippen LogP contribution is 2.27. The Morgan fingerprint density at radius 1 is 1.16 bits per heavy atom. The molecule has 1 aromatic heterocycles. The van der Waals surface area contributed by atoms with Gasteiger partial charge in [0.15, 0.2) is 16.3 Å². The average molecular weight is 477 g/mol. The molecule has 0 unspecified atom stereocenters. The number of ether oxygens (including phenoxy) is 1. The summed E-state index contributed by atoms with van der Waals surface area (Å²) in [4.78, 5) is 13.1. The first-order valence-electron chi connectivity index (χ1n) is 9.50. The number of carboxylic acid groups (broad SMARTS) is 1. The summed E-state index contributed by atoms with van der Waals surface area (Å²) in [5, 5.41) is 36.7. The van der Waals surface area contributed by atoms with Gasteiger partial charge in [-0.15, -0.1) is 0 Å². The summed E-state index contributed by atoms with van der Waals surface area (Å²) in [7, 11) is 0. The Bertz CT molecular complexity index is 1160. The second-order valence-electron chi connectivity index (χ2n) is 6.48. The summed E-state index contributed by atoms with van der Waals surface area (Å²) in [6.45, 7) is 1.09. The zero-order valence-electron chi connectivity index (χ0n) is 16.8. The summed E-state index contributed by atoms with van der Waals surface area (Å²) in [5.74, 6) is -0.712. The molecule has 0 bridgehead atoms. The fourth-order valence-corrected chi connectivity index (χ4v) is 3.59. The molecule has 0 amide bonds. The van der Waals surface area contributed by atoms with E-state index in [0.29, 0.717) is 21.0 Å². The van der Waals surface area contributed by atoms with Crippen molar-refractivity contribution in [3.05, 3.63) is 64.1 Å². The Kier molecular flexibility index (Phi) is 8.00. The number of nitrogens with one attached hydrogen (secondary N) is 3. The van der Waals surface area contributed by atoms with Crippen LogP contribution in [0.2, 0.25) is 0 Å². The first kappa shape index (κ1) is 23.5. The molecule has 0 aliphatic rings. The number of anilines is 2. The lowest BCUT2D eigenvalue weighted by molar-refractivity contribution is 0.0697. The van der Waals surface area contributed by atoms with Crippen molar-refractivity contribution in [2.24, 2.45) is 0 Å². The first-order chi connectivity index (χ1) is 15.4. The van der Waals surface area contributed by atoms with Gasteiger partial charge in [0.2, 0.25) is 0 Å². The fraction of sp³-hybridized carbons (Fsp3) is 0.200. The quantitative estimate of drug-likeness (QED) is 0.182.